The van der Waals surface area contributed by atoms with Crippen LogP contribution in [0.4, 0.5) is 5.69 Å². The maximum atomic E-state index is 11.9. The van der Waals surface area contributed by atoms with Crippen molar-refractivity contribution in [1.29, 1.82) is 0 Å². The summed E-state index contributed by atoms with van der Waals surface area (Å²) in [6.45, 7) is 0.502. The van der Waals surface area contributed by atoms with E-state index in [1.54, 1.807) is 24.4 Å². The second-order valence-corrected chi connectivity index (χ2v) is 4.44. The van der Waals surface area contributed by atoms with E-state index >= 15 is 0 Å². The lowest BCUT2D eigenvalue weighted by Gasteiger charge is -2.08. The van der Waals surface area contributed by atoms with Gasteiger partial charge >= 0.3 is 0 Å². The van der Waals surface area contributed by atoms with E-state index in [1.807, 2.05) is 18.2 Å². The number of anilines is 1. The van der Waals surface area contributed by atoms with Crippen molar-refractivity contribution in [2.24, 2.45) is 0 Å². The highest BCUT2D eigenvalue weighted by Gasteiger charge is 2.10. The van der Waals surface area contributed by atoms with Crippen LogP contribution in [0.2, 0.25) is 5.02 Å². The predicted molar refractivity (Wildman–Crippen MR) is 76.1 cm³/mol. The summed E-state index contributed by atoms with van der Waals surface area (Å²) in [6, 6.07) is 10.7. The van der Waals surface area contributed by atoms with Gasteiger partial charge in [0.1, 0.15) is 0 Å². The SMILES string of the molecule is Nc1c(Cl)cccc1C(=O)NCCc1ccccn1. The van der Waals surface area contributed by atoms with Gasteiger partial charge in [-0.15, -0.1) is 0 Å². The minimum Gasteiger partial charge on any atom is -0.397 e. The van der Waals surface area contributed by atoms with E-state index < -0.39 is 0 Å². The maximum Gasteiger partial charge on any atom is 0.253 e. The Morgan fingerprint density at radius 2 is 2.11 bits per heavy atom. The largest absolute Gasteiger partial charge is 0.397 e. The highest BCUT2D eigenvalue weighted by molar-refractivity contribution is 6.33. The number of halogens is 1. The highest BCUT2D eigenvalue weighted by Crippen LogP contribution is 2.22. The first-order chi connectivity index (χ1) is 9.18. The van der Waals surface area contributed by atoms with Crippen LogP contribution < -0.4 is 11.1 Å². The third-order valence-corrected chi connectivity index (χ3v) is 3.02. The van der Waals surface area contributed by atoms with Gasteiger partial charge in [-0.05, 0) is 24.3 Å². The number of benzene rings is 1. The molecule has 2 aromatic rings. The number of nitrogens with zero attached hydrogens (tertiary/aromatic N) is 1. The number of hydrogen-bond acceptors (Lipinski definition) is 3. The molecule has 0 bridgehead atoms. The number of nitrogen functional groups attached to an aromatic ring is 1. The quantitative estimate of drug-likeness (QED) is 0.841. The number of nitrogens with one attached hydrogen (secondary N) is 1. The van der Waals surface area contributed by atoms with Crippen molar-refractivity contribution in [3.05, 3.63) is 58.9 Å². The van der Waals surface area contributed by atoms with Crippen molar-refractivity contribution >= 4 is 23.2 Å². The molecule has 0 aliphatic heterocycles. The monoisotopic (exact) mass is 275 g/mol. The fraction of sp³-hybridized carbons (Fsp3) is 0.143. The maximum absolute atomic E-state index is 11.9. The van der Waals surface area contributed by atoms with E-state index in [4.69, 9.17) is 17.3 Å². The van der Waals surface area contributed by atoms with E-state index in [9.17, 15) is 4.79 Å². The molecular weight excluding hydrogens is 262 g/mol. The van der Waals surface area contributed by atoms with E-state index in [-0.39, 0.29) is 5.91 Å². The summed E-state index contributed by atoms with van der Waals surface area (Å²) in [5.74, 6) is -0.226. The molecule has 1 amide bonds. The Hall–Kier alpha value is -2.07. The first kappa shape index (κ1) is 13.4. The van der Waals surface area contributed by atoms with Crippen LogP contribution in [0.5, 0.6) is 0 Å². The normalized spacial score (nSPS) is 10.2. The van der Waals surface area contributed by atoms with Crippen LogP contribution in [0.3, 0.4) is 0 Å². The lowest BCUT2D eigenvalue weighted by Crippen LogP contribution is -2.26. The fourth-order valence-corrected chi connectivity index (χ4v) is 1.85. The number of para-hydroxylation sites is 1. The smallest absolute Gasteiger partial charge is 0.253 e. The lowest BCUT2D eigenvalue weighted by molar-refractivity contribution is 0.0955. The Morgan fingerprint density at radius 1 is 1.26 bits per heavy atom. The van der Waals surface area contributed by atoms with Gasteiger partial charge in [0.25, 0.3) is 5.91 Å². The second-order valence-electron chi connectivity index (χ2n) is 4.03. The van der Waals surface area contributed by atoms with Crippen molar-refractivity contribution in [3.63, 3.8) is 0 Å². The van der Waals surface area contributed by atoms with Gasteiger partial charge in [-0.2, -0.15) is 0 Å². The molecule has 0 fully saturated rings. The number of hydrogen-bond donors (Lipinski definition) is 2. The predicted octanol–water partition coefficient (Wildman–Crippen LogP) is 2.29. The minimum absolute atomic E-state index is 0.226. The van der Waals surface area contributed by atoms with Gasteiger partial charge in [0.2, 0.25) is 0 Å². The highest BCUT2D eigenvalue weighted by atomic mass is 35.5. The van der Waals surface area contributed by atoms with Crippen molar-refractivity contribution in [3.8, 4) is 0 Å². The zero-order valence-electron chi connectivity index (χ0n) is 10.3. The second kappa shape index (κ2) is 6.20. The van der Waals surface area contributed by atoms with Crippen molar-refractivity contribution in [2.45, 2.75) is 6.42 Å². The number of carbonyl (C=O) groups excluding carboxylic acids is 1. The summed E-state index contributed by atoms with van der Waals surface area (Å²) in [5.41, 5.74) is 7.40. The zero-order chi connectivity index (χ0) is 13.7. The fourth-order valence-electron chi connectivity index (χ4n) is 1.68. The molecule has 0 aliphatic rings. The van der Waals surface area contributed by atoms with E-state index in [0.717, 1.165) is 5.69 Å². The summed E-state index contributed by atoms with van der Waals surface area (Å²) in [7, 11) is 0. The minimum atomic E-state index is -0.226. The number of aromatic nitrogens is 1. The molecule has 0 unspecified atom stereocenters. The molecule has 0 spiro atoms. The summed E-state index contributed by atoms with van der Waals surface area (Å²) in [5, 5.41) is 3.18. The van der Waals surface area contributed by atoms with Gasteiger partial charge in [0.15, 0.2) is 0 Å². The Kier molecular flexibility index (Phi) is 4.36. The van der Waals surface area contributed by atoms with Crippen LogP contribution in [-0.2, 0) is 6.42 Å². The van der Waals surface area contributed by atoms with E-state index in [0.29, 0.717) is 29.2 Å². The Morgan fingerprint density at radius 3 is 2.84 bits per heavy atom. The van der Waals surface area contributed by atoms with Gasteiger partial charge < -0.3 is 11.1 Å². The molecule has 4 nitrogen and oxygen atoms in total. The van der Waals surface area contributed by atoms with Gasteiger partial charge in [0.05, 0.1) is 16.3 Å². The number of carbonyl (C=O) groups is 1. The van der Waals surface area contributed by atoms with Gasteiger partial charge in [-0.25, -0.2) is 0 Å². The van der Waals surface area contributed by atoms with Gasteiger partial charge in [0, 0.05) is 24.9 Å². The van der Waals surface area contributed by atoms with Crippen LogP contribution >= 0.6 is 11.6 Å². The van der Waals surface area contributed by atoms with Crippen LogP contribution in [0.15, 0.2) is 42.6 Å². The molecule has 0 saturated heterocycles. The zero-order valence-corrected chi connectivity index (χ0v) is 11.0. The number of pyridine rings is 1. The van der Waals surface area contributed by atoms with Gasteiger partial charge in [-0.1, -0.05) is 23.7 Å². The molecule has 1 aromatic carbocycles. The molecule has 0 saturated carbocycles. The van der Waals surface area contributed by atoms with Crippen LogP contribution in [0.25, 0.3) is 0 Å². The van der Waals surface area contributed by atoms with E-state index in [2.05, 4.69) is 10.3 Å². The topological polar surface area (TPSA) is 68.0 Å². The molecule has 2 rings (SSSR count). The Labute approximate surface area is 116 Å². The molecule has 0 radical (unpaired) electrons. The average Bonchev–Trinajstić information content (AvgIpc) is 2.43. The summed E-state index contributed by atoms with van der Waals surface area (Å²) < 4.78 is 0. The Bertz CT molecular complexity index is 572. The Balaban J connectivity index is 1.93. The van der Waals surface area contributed by atoms with Crippen molar-refractivity contribution in [1.82, 2.24) is 10.3 Å². The molecule has 1 heterocycles. The lowest BCUT2D eigenvalue weighted by atomic mass is 10.1. The molecule has 3 N–H and O–H groups in total. The number of rotatable bonds is 4. The molecule has 0 aliphatic carbocycles. The van der Waals surface area contributed by atoms with Gasteiger partial charge in [-0.3, -0.25) is 9.78 Å². The summed E-state index contributed by atoms with van der Waals surface area (Å²) in [4.78, 5) is 16.1. The van der Waals surface area contributed by atoms with Crippen molar-refractivity contribution < 1.29 is 4.79 Å². The molecule has 1 aromatic heterocycles. The molecule has 19 heavy (non-hydrogen) atoms. The standard InChI is InChI=1S/C14H14ClN3O/c15-12-6-3-5-11(13(12)16)14(19)18-9-7-10-4-1-2-8-17-10/h1-6,8H,7,9,16H2,(H,18,19). The first-order valence-corrected chi connectivity index (χ1v) is 6.28. The third-order valence-electron chi connectivity index (χ3n) is 2.69. The van der Waals surface area contributed by atoms with Crippen LogP contribution in [-0.4, -0.2) is 17.4 Å². The summed E-state index contributed by atoms with van der Waals surface area (Å²) >= 11 is 5.87. The molecule has 5 heteroatoms. The third kappa shape index (κ3) is 3.45. The van der Waals surface area contributed by atoms with Crippen molar-refractivity contribution in [2.75, 3.05) is 12.3 Å². The molecule has 0 atom stereocenters. The molecular formula is C14H14ClN3O. The average molecular weight is 276 g/mol. The summed E-state index contributed by atoms with van der Waals surface area (Å²) in [6.07, 6.45) is 2.40. The van der Waals surface area contributed by atoms with Crippen LogP contribution in [0.1, 0.15) is 16.1 Å². The molecule has 98 valence electrons. The first-order valence-electron chi connectivity index (χ1n) is 5.90. The number of nitrogens with two attached hydrogens (primary N) is 1. The van der Waals surface area contributed by atoms with E-state index in [1.165, 1.54) is 0 Å². The van der Waals surface area contributed by atoms with Crippen LogP contribution in [0, 0.1) is 0 Å². The number of amides is 1.